The zero-order valence-electron chi connectivity index (χ0n) is 14.6. The molecule has 0 unspecified atom stereocenters. The summed E-state index contributed by atoms with van der Waals surface area (Å²) in [5, 5.41) is 4.69. The molecule has 0 aromatic heterocycles. The molecular weight excluding hydrogens is 310 g/mol. The lowest BCUT2D eigenvalue weighted by molar-refractivity contribution is 0.284. The zero-order valence-corrected chi connectivity index (χ0v) is 16.4. The molecule has 0 spiro atoms. The second-order valence-corrected chi connectivity index (χ2v) is 13.3. The van der Waals surface area contributed by atoms with Crippen molar-refractivity contribution in [1.29, 1.82) is 0 Å². The van der Waals surface area contributed by atoms with E-state index in [4.69, 9.17) is 16.0 Å². The van der Waals surface area contributed by atoms with E-state index in [1.807, 2.05) is 12.1 Å². The van der Waals surface area contributed by atoms with Crippen LogP contribution in [0, 0.1) is 0 Å². The summed E-state index contributed by atoms with van der Waals surface area (Å²) < 4.78 is 6.21. The Labute approximate surface area is 141 Å². The predicted molar refractivity (Wildman–Crippen MR) is 98.4 cm³/mol. The highest BCUT2D eigenvalue weighted by molar-refractivity contribution is 6.74. The van der Waals surface area contributed by atoms with E-state index >= 15 is 0 Å². The fourth-order valence-electron chi connectivity index (χ4n) is 2.44. The maximum absolute atomic E-state index is 6.21. The summed E-state index contributed by atoms with van der Waals surface area (Å²) in [5.41, 5.74) is 1.75. The van der Waals surface area contributed by atoms with Crippen LogP contribution in [0.4, 0.5) is 0 Å². The lowest BCUT2D eigenvalue weighted by Gasteiger charge is -2.36. The average molecular weight is 340 g/mol. The van der Waals surface area contributed by atoms with E-state index in [2.05, 4.69) is 51.3 Å². The summed E-state index contributed by atoms with van der Waals surface area (Å²) in [6, 6.07) is 8.33. The summed E-state index contributed by atoms with van der Waals surface area (Å²) in [6.07, 6.45) is 2.54. The second-order valence-electron chi connectivity index (χ2n) is 8.07. The van der Waals surface area contributed by atoms with Crippen LogP contribution in [0.5, 0.6) is 0 Å². The van der Waals surface area contributed by atoms with Crippen molar-refractivity contribution in [3.63, 3.8) is 0 Å². The molecule has 1 aliphatic rings. The van der Waals surface area contributed by atoms with E-state index in [1.165, 1.54) is 18.4 Å². The Morgan fingerprint density at radius 1 is 1.18 bits per heavy atom. The maximum atomic E-state index is 6.21. The molecule has 0 heterocycles. The topological polar surface area (TPSA) is 21.3 Å². The third kappa shape index (κ3) is 4.35. The summed E-state index contributed by atoms with van der Waals surface area (Å²) in [5.74, 6) is 0. The number of benzene rings is 1. The molecule has 0 saturated heterocycles. The highest BCUT2D eigenvalue weighted by atomic mass is 35.5. The fourth-order valence-corrected chi connectivity index (χ4v) is 3.62. The van der Waals surface area contributed by atoms with Crippen molar-refractivity contribution in [3.8, 4) is 0 Å². The number of hydrogen-bond acceptors (Lipinski definition) is 2. The summed E-state index contributed by atoms with van der Waals surface area (Å²) in [6.45, 7) is 14.3. The highest BCUT2D eigenvalue weighted by Gasteiger charge is 2.43. The Balaban J connectivity index is 1.74. The van der Waals surface area contributed by atoms with Gasteiger partial charge < -0.3 is 9.74 Å². The van der Waals surface area contributed by atoms with Crippen LogP contribution in [-0.4, -0.2) is 28.0 Å². The standard InChI is InChI=1S/C18H30ClNOSi/c1-17(2,3)22(4,5)21-13-12-20-14-18(10-11-18)15-6-8-16(19)9-7-15/h6-9,20H,10-14H2,1-5H3. The first kappa shape index (κ1) is 18.0. The van der Waals surface area contributed by atoms with Gasteiger partial charge in [0.1, 0.15) is 0 Å². The molecule has 2 nitrogen and oxygen atoms in total. The number of nitrogens with one attached hydrogen (secondary N) is 1. The van der Waals surface area contributed by atoms with Gasteiger partial charge in [-0.25, -0.2) is 0 Å². The molecule has 1 aliphatic carbocycles. The second kappa shape index (κ2) is 6.64. The maximum Gasteiger partial charge on any atom is 0.192 e. The van der Waals surface area contributed by atoms with E-state index in [0.717, 1.165) is 24.7 Å². The van der Waals surface area contributed by atoms with Crippen molar-refractivity contribution in [3.05, 3.63) is 34.9 Å². The van der Waals surface area contributed by atoms with Crippen LogP contribution in [0.2, 0.25) is 23.2 Å². The average Bonchev–Trinajstić information content (AvgIpc) is 3.19. The minimum Gasteiger partial charge on any atom is -0.416 e. The Hall–Kier alpha value is -0.353. The molecule has 0 aliphatic heterocycles. The van der Waals surface area contributed by atoms with Crippen molar-refractivity contribution in [2.75, 3.05) is 19.7 Å². The lowest BCUT2D eigenvalue weighted by atomic mass is 9.96. The van der Waals surface area contributed by atoms with Gasteiger partial charge in [-0.15, -0.1) is 0 Å². The molecule has 22 heavy (non-hydrogen) atoms. The summed E-state index contributed by atoms with van der Waals surface area (Å²) >= 11 is 5.98. The molecule has 124 valence electrons. The summed E-state index contributed by atoms with van der Waals surface area (Å²) in [4.78, 5) is 0. The molecule has 1 N–H and O–H groups in total. The van der Waals surface area contributed by atoms with Crippen LogP contribution >= 0.6 is 11.6 Å². The molecular formula is C18H30ClNOSi. The van der Waals surface area contributed by atoms with E-state index in [1.54, 1.807) is 0 Å². The van der Waals surface area contributed by atoms with Crippen LogP contribution in [-0.2, 0) is 9.84 Å². The van der Waals surface area contributed by atoms with Crippen molar-refractivity contribution in [1.82, 2.24) is 5.32 Å². The van der Waals surface area contributed by atoms with Crippen molar-refractivity contribution in [2.24, 2.45) is 0 Å². The van der Waals surface area contributed by atoms with Crippen LogP contribution < -0.4 is 5.32 Å². The quantitative estimate of drug-likeness (QED) is 0.558. The van der Waals surface area contributed by atoms with E-state index in [0.29, 0.717) is 5.41 Å². The van der Waals surface area contributed by atoms with Crippen LogP contribution in [0.15, 0.2) is 24.3 Å². The third-order valence-corrected chi connectivity index (χ3v) is 10.1. The fraction of sp³-hybridized carbons (Fsp3) is 0.667. The number of halogens is 1. The zero-order chi connectivity index (χ0) is 16.4. The molecule has 1 fully saturated rings. The first-order chi connectivity index (χ1) is 10.2. The molecule has 0 amide bonds. The SMILES string of the molecule is CC(C)(C)[Si](C)(C)OCCNCC1(c2ccc(Cl)cc2)CC1. The molecule has 0 atom stereocenters. The molecule has 1 aromatic rings. The van der Waals surface area contributed by atoms with Gasteiger partial charge in [-0.3, -0.25) is 0 Å². The minimum absolute atomic E-state index is 0.286. The largest absolute Gasteiger partial charge is 0.416 e. The number of rotatable bonds is 7. The molecule has 0 bridgehead atoms. The van der Waals surface area contributed by atoms with Gasteiger partial charge >= 0.3 is 0 Å². The monoisotopic (exact) mass is 339 g/mol. The van der Waals surface area contributed by atoms with Gasteiger partial charge in [0, 0.05) is 30.1 Å². The molecule has 4 heteroatoms. The Morgan fingerprint density at radius 3 is 2.27 bits per heavy atom. The molecule has 0 radical (unpaired) electrons. The highest BCUT2D eigenvalue weighted by Crippen LogP contribution is 2.47. The Kier molecular flexibility index (Phi) is 5.43. The van der Waals surface area contributed by atoms with Crippen molar-refractivity contribution >= 4 is 19.9 Å². The number of hydrogen-bond donors (Lipinski definition) is 1. The van der Waals surface area contributed by atoms with Gasteiger partial charge in [-0.1, -0.05) is 44.5 Å². The van der Waals surface area contributed by atoms with Gasteiger partial charge in [0.05, 0.1) is 0 Å². The van der Waals surface area contributed by atoms with Crippen molar-refractivity contribution in [2.45, 2.75) is 57.2 Å². The first-order valence-electron chi connectivity index (χ1n) is 8.27. The van der Waals surface area contributed by atoms with Gasteiger partial charge in [0.2, 0.25) is 0 Å². The Bertz CT molecular complexity index is 489. The molecule has 2 rings (SSSR count). The molecule has 1 aromatic carbocycles. The molecule has 1 saturated carbocycles. The smallest absolute Gasteiger partial charge is 0.192 e. The van der Waals surface area contributed by atoms with Gasteiger partial charge in [-0.2, -0.15) is 0 Å². The van der Waals surface area contributed by atoms with E-state index < -0.39 is 8.32 Å². The van der Waals surface area contributed by atoms with E-state index in [9.17, 15) is 0 Å². The lowest BCUT2D eigenvalue weighted by Crippen LogP contribution is -2.42. The summed E-state index contributed by atoms with van der Waals surface area (Å²) in [7, 11) is -1.61. The third-order valence-electron chi connectivity index (χ3n) is 5.32. The van der Waals surface area contributed by atoms with E-state index in [-0.39, 0.29) is 5.04 Å². The van der Waals surface area contributed by atoms with Crippen LogP contribution in [0.25, 0.3) is 0 Å². The van der Waals surface area contributed by atoms with Crippen LogP contribution in [0.3, 0.4) is 0 Å². The normalized spacial score (nSPS) is 17.5. The Morgan fingerprint density at radius 2 is 1.77 bits per heavy atom. The van der Waals surface area contributed by atoms with Gasteiger partial charge in [0.15, 0.2) is 8.32 Å². The van der Waals surface area contributed by atoms with Gasteiger partial charge in [-0.05, 0) is 48.7 Å². The predicted octanol–water partition coefficient (Wildman–Crippen LogP) is 4.98. The minimum atomic E-state index is -1.61. The van der Waals surface area contributed by atoms with Gasteiger partial charge in [0.25, 0.3) is 0 Å². The van der Waals surface area contributed by atoms with Crippen molar-refractivity contribution < 1.29 is 4.43 Å². The first-order valence-corrected chi connectivity index (χ1v) is 11.6. The van der Waals surface area contributed by atoms with Crippen LogP contribution in [0.1, 0.15) is 39.2 Å².